The summed E-state index contributed by atoms with van der Waals surface area (Å²) >= 11 is 0. The van der Waals surface area contributed by atoms with Gasteiger partial charge in [0.2, 0.25) is 0 Å². The summed E-state index contributed by atoms with van der Waals surface area (Å²) in [5.41, 5.74) is -0.724. The summed E-state index contributed by atoms with van der Waals surface area (Å²) in [6.07, 6.45) is 8.12. The normalized spacial score (nSPS) is 35.2. The molecule has 0 spiro atoms. The number of fused-ring (bicyclic) bond motifs is 1. The Morgan fingerprint density at radius 1 is 1.44 bits per heavy atom. The van der Waals surface area contributed by atoms with Gasteiger partial charge in [0, 0.05) is 32.0 Å². The molecule has 4 nitrogen and oxygen atoms in total. The Morgan fingerprint density at radius 3 is 3.06 bits per heavy atom. The van der Waals surface area contributed by atoms with Crippen molar-refractivity contribution in [3.05, 3.63) is 18.2 Å². The molecule has 2 saturated heterocycles. The molecule has 2 unspecified atom stereocenters. The Hall–Kier alpha value is -0.870. The van der Waals surface area contributed by atoms with Gasteiger partial charge in [-0.3, -0.25) is 4.90 Å². The van der Waals surface area contributed by atoms with Crippen molar-refractivity contribution in [1.29, 1.82) is 0 Å². The van der Waals surface area contributed by atoms with E-state index < -0.39 is 5.60 Å². The molecular formula is C12H19N3O. The van der Waals surface area contributed by atoms with Crippen LogP contribution in [-0.2, 0) is 12.6 Å². The fourth-order valence-corrected chi connectivity index (χ4v) is 3.32. The summed E-state index contributed by atoms with van der Waals surface area (Å²) < 4.78 is 1.96. The lowest BCUT2D eigenvalue weighted by atomic mass is 9.88. The number of hydrogen-bond donors (Lipinski definition) is 1. The van der Waals surface area contributed by atoms with E-state index in [0.717, 1.165) is 31.8 Å². The van der Waals surface area contributed by atoms with Gasteiger partial charge in [-0.1, -0.05) is 6.42 Å². The van der Waals surface area contributed by atoms with Gasteiger partial charge in [-0.15, -0.1) is 0 Å². The predicted octanol–water partition coefficient (Wildman–Crippen LogP) is 0.866. The van der Waals surface area contributed by atoms with Crippen LogP contribution in [0, 0.1) is 0 Å². The third kappa shape index (κ3) is 1.33. The van der Waals surface area contributed by atoms with E-state index in [1.807, 2.05) is 17.8 Å². The summed E-state index contributed by atoms with van der Waals surface area (Å²) in [7, 11) is 1.96. The lowest BCUT2D eigenvalue weighted by Gasteiger charge is -2.36. The van der Waals surface area contributed by atoms with Crippen LogP contribution in [0.2, 0.25) is 0 Å². The van der Waals surface area contributed by atoms with E-state index >= 15 is 0 Å². The first-order chi connectivity index (χ1) is 7.72. The molecular weight excluding hydrogens is 202 g/mol. The minimum Gasteiger partial charge on any atom is -0.380 e. The summed E-state index contributed by atoms with van der Waals surface area (Å²) in [5, 5.41) is 10.9. The first-order valence-corrected chi connectivity index (χ1v) is 6.16. The van der Waals surface area contributed by atoms with Gasteiger partial charge in [0.05, 0.1) is 0 Å². The zero-order chi connectivity index (χ0) is 11.2. The smallest absolute Gasteiger partial charge is 0.142 e. The molecule has 0 amide bonds. The van der Waals surface area contributed by atoms with Gasteiger partial charge in [0.25, 0.3) is 0 Å². The second-order valence-electron chi connectivity index (χ2n) is 5.08. The molecule has 16 heavy (non-hydrogen) atoms. The third-order valence-electron chi connectivity index (χ3n) is 4.15. The summed E-state index contributed by atoms with van der Waals surface area (Å²) in [5.74, 6) is 0.835. The highest BCUT2D eigenvalue weighted by Crippen LogP contribution is 2.41. The zero-order valence-corrected chi connectivity index (χ0v) is 9.76. The maximum atomic E-state index is 10.9. The number of aryl methyl sites for hydroxylation is 1. The van der Waals surface area contributed by atoms with Crippen LogP contribution < -0.4 is 0 Å². The van der Waals surface area contributed by atoms with Gasteiger partial charge in [0.15, 0.2) is 0 Å². The summed E-state index contributed by atoms with van der Waals surface area (Å²) in [4.78, 5) is 6.78. The fourth-order valence-electron chi connectivity index (χ4n) is 3.32. The Morgan fingerprint density at radius 2 is 2.31 bits per heavy atom. The van der Waals surface area contributed by atoms with Crippen molar-refractivity contribution in [2.75, 3.05) is 13.1 Å². The Kier molecular flexibility index (Phi) is 2.30. The van der Waals surface area contributed by atoms with E-state index in [2.05, 4.69) is 9.88 Å². The Balaban J connectivity index is 1.96. The van der Waals surface area contributed by atoms with E-state index in [1.165, 1.54) is 12.8 Å². The number of piperidine rings is 1. The fraction of sp³-hybridized carbons (Fsp3) is 0.750. The van der Waals surface area contributed by atoms with Crippen LogP contribution in [0.3, 0.4) is 0 Å². The van der Waals surface area contributed by atoms with Crippen molar-refractivity contribution < 1.29 is 5.11 Å². The molecule has 3 rings (SSSR count). The number of nitrogens with zero attached hydrogens (tertiary/aromatic N) is 3. The summed E-state index contributed by atoms with van der Waals surface area (Å²) in [6, 6.07) is 0.280. The highest BCUT2D eigenvalue weighted by molar-refractivity contribution is 5.14. The van der Waals surface area contributed by atoms with Gasteiger partial charge in [0.1, 0.15) is 11.4 Å². The standard InChI is InChI=1S/C12H19N3O/c1-14-9-6-13-11(14)12(16)5-8-15-7-3-2-4-10(12)15/h6,9-10,16H,2-5,7-8H2,1H3. The van der Waals surface area contributed by atoms with Crippen LogP contribution in [0.1, 0.15) is 31.5 Å². The van der Waals surface area contributed by atoms with Gasteiger partial charge >= 0.3 is 0 Å². The number of hydrogen-bond acceptors (Lipinski definition) is 3. The van der Waals surface area contributed by atoms with E-state index in [9.17, 15) is 5.11 Å². The largest absolute Gasteiger partial charge is 0.380 e. The average Bonchev–Trinajstić information content (AvgIpc) is 2.86. The van der Waals surface area contributed by atoms with Crippen molar-refractivity contribution in [2.24, 2.45) is 7.05 Å². The number of aromatic nitrogens is 2. The van der Waals surface area contributed by atoms with Crippen molar-refractivity contribution in [3.63, 3.8) is 0 Å². The molecule has 0 bridgehead atoms. The molecule has 3 heterocycles. The van der Waals surface area contributed by atoms with Crippen molar-refractivity contribution in [2.45, 2.75) is 37.3 Å². The highest BCUT2D eigenvalue weighted by atomic mass is 16.3. The molecule has 2 aliphatic rings. The molecule has 0 radical (unpaired) electrons. The van der Waals surface area contributed by atoms with Gasteiger partial charge in [-0.2, -0.15) is 0 Å². The molecule has 0 aromatic carbocycles. The lowest BCUT2D eigenvalue weighted by molar-refractivity contribution is -0.0229. The molecule has 1 aromatic heterocycles. The molecule has 0 aliphatic carbocycles. The number of aliphatic hydroxyl groups is 1. The Labute approximate surface area is 95.9 Å². The van der Waals surface area contributed by atoms with E-state index in [-0.39, 0.29) is 6.04 Å². The van der Waals surface area contributed by atoms with Crippen LogP contribution in [0.5, 0.6) is 0 Å². The topological polar surface area (TPSA) is 41.3 Å². The average molecular weight is 221 g/mol. The Bertz CT molecular complexity index is 389. The quantitative estimate of drug-likeness (QED) is 0.765. The van der Waals surface area contributed by atoms with E-state index in [1.54, 1.807) is 6.20 Å². The van der Waals surface area contributed by atoms with Crippen LogP contribution in [-0.4, -0.2) is 38.7 Å². The highest BCUT2D eigenvalue weighted by Gasteiger charge is 2.49. The predicted molar refractivity (Wildman–Crippen MR) is 60.9 cm³/mol. The molecule has 4 heteroatoms. The van der Waals surface area contributed by atoms with Crippen LogP contribution in [0.15, 0.2) is 12.4 Å². The first-order valence-electron chi connectivity index (χ1n) is 6.16. The SMILES string of the molecule is Cn1ccnc1C1(O)CCN2CCCCC21. The van der Waals surface area contributed by atoms with Crippen molar-refractivity contribution >= 4 is 0 Å². The van der Waals surface area contributed by atoms with Crippen LogP contribution in [0.4, 0.5) is 0 Å². The monoisotopic (exact) mass is 221 g/mol. The summed E-state index contributed by atoms with van der Waals surface area (Å²) in [6.45, 7) is 2.14. The minimum absolute atomic E-state index is 0.280. The maximum Gasteiger partial charge on any atom is 0.142 e. The third-order valence-corrected chi connectivity index (χ3v) is 4.15. The molecule has 1 aromatic rings. The second kappa shape index (κ2) is 3.57. The van der Waals surface area contributed by atoms with E-state index in [0.29, 0.717) is 0 Å². The number of imidazole rings is 1. The minimum atomic E-state index is -0.724. The number of rotatable bonds is 1. The first kappa shape index (κ1) is 10.3. The molecule has 2 fully saturated rings. The van der Waals surface area contributed by atoms with Crippen molar-refractivity contribution in [3.8, 4) is 0 Å². The molecule has 88 valence electrons. The molecule has 2 aliphatic heterocycles. The van der Waals surface area contributed by atoms with Crippen LogP contribution in [0.25, 0.3) is 0 Å². The van der Waals surface area contributed by atoms with Crippen molar-refractivity contribution in [1.82, 2.24) is 14.5 Å². The molecule has 2 atom stereocenters. The molecule has 1 N–H and O–H groups in total. The van der Waals surface area contributed by atoms with E-state index in [4.69, 9.17) is 0 Å². The van der Waals surface area contributed by atoms with Gasteiger partial charge in [-0.05, 0) is 25.8 Å². The van der Waals surface area contributed by atoms with Gasteiger partial charge in [-0.25, -0.2) is 4.98 Å². The lowest BCUT2D eigenvalue weighted by Crippen LogP contribution is -2.46. The second-order valence-corrected chi connectivity index (χ2v) is 5.08. The maximum absolute atomic E-state index is 10.9. The molecule has 0 saturated carbocycles. The zero-order valence-electron chi connectivity index (χ0n) is 9.76. The van der Waals surface area contributed by atoms with Crippen LogP contribution >= 0.6 is 0 Å². The van der Waals surface area contributed by atoms with Gasteiger partial charge < -0.3 is 9.67 Å².